The van der Waals surface area contributed by atoms with Gasteiger partial charge in [-0.2, -0.15) is 0 Å². The number of aliphatic hydroxyl groups is 1. The first-order valence-electron chi connectivity index (χ1n) is 6.95. The first-order chi connectivity index (χ1) is 9.24. The number of benzene rings is 1. The van der Waals surface area contributed by atoms with Gasteiger partial charge in [-0.3, -0.25) is 4.90 Å². The summed E-state index contributed by atoms with van der Waals surface area (Å²) in [5.74, 6) is 0.958. The second kappa shape index (κ2) is 6.78. The third kappa shape index (κ3) is 3.61. The molecule has 1 unspecified atom stereocenters. The molecule has 4 nitrogen and oxygen atoms in total. The van der Waals surface area contributed by atoms with Crippen molar-refractivity contribution in [1.29, 1.82) is 0 Å². The Kier molecular flexibility index (Phi) is 5.05. The van der Waals surface area contributed by atoms with Crippen LogP contribution in [0.3, 0.4) is 0 Å². The van der Waals surface area contributed by atoms with Crippen LogP contribution in [0, 0.1) is 0 Å². The van der Waals surface area contributed by atoms with Crippen molar-refractivity contribution in [2.24, 2.45) is 0 Å². The van der Waals surface area contributed by atoms with Gasteiger partial charge in [-0.25, -0.2) is 0 Å². The minimum atomic E-state index is 0.232. The Balaban J connectivity index is 2.06. The summed E-state index contributed by atoms with van der Waals surface area (Å²) in [6.45, 7) is 2.01. The van der Waals surface area contributed by atoms with Gasteiger partial charge in [0.25, 0.3) is 0 Å². The van der Waals surface area contributed by atoms with Crippen molar-refractivity contribution in [2.75, 3.05) is 20.3 Å². The molecule has 106 valence electrons. The Morgan fingerprint density at radius 2 is 2.21 bits per heavy atom. The van der Waals surface area contributed by atoms with Crippen molar-refractivity contribution < 1.29 is 14.9 Å². The number of aromatic hydroxyl groups is 1. The van der Waals surface area contributed by atoms with Gasteiger partial charge in [-0.1, -0.05) is 12.5 Å². The third-order valence-corrected chi connectivity index (χ3v) is 3.88. The molecule has 1 atom stereocenters. The van der Waals surface area contributed by atoms with Crippen molar-refractivity contribution in [3.8, 4) is 11.5 Å². The lowest BCUT2D eigenvalue weighted by Crippen LogP contribution is -2.39. The van der Waals surface area contributed by atoms with E-state index in [9.17, 15) is 5.11 Å². The number of phenolic OH excluding ortho intramolecular Hbond substituents is 1. The summed E-state index contributed by atoms with van der Waals surface area (Å²) in [7, 11) is 1.59. The number of piperidine rings is 1. The number of rotatable bonds is 5. The van der Waals surface area contributed by atoms with Gasteiger partial charge < -0.3 is 14.9 Å². The number of ether oxygens (including phenoxy) is 1. The van der Waals surface area contributed by atoms with Gasteiger partial charge in [-0.05, 0) is 31.9 Å². The predicted octanol–water partition coefficient (Wildman–Crippen LogP) is 2.14. The zero-order valence-electron chi connectivity index (χ0n) is 11.5. The highest BCUT2D eigenvalue weighted by molar-refractivity contribution is 5.39. The molecule has 0 saturated carbocycles. The molecule has 1 heterocycles. The van der Waals surface area contributed by atoms with E-state index >= 15 is 0 Å². The summed E-state index contributed by atoms with van der Waals surface area (Å²) in [5, 5.41) is 19.1. The molecule has 4 heteroatoms. The molecular weight excluding hydrogens is 242 g/mol. The molecule has 1 aromatic carbocycles. The van der Waals surface area contributed by atoms with Gasteiger partial charge in [0.1, 0.15) is 11.5 Å². The van der Waals surface area contributed by atoms with Crippen LogP contribution in [0.5, 0.6) is 11.5 Å². The fourth-order valence-corrected chi connectivity index (χ4v) is 2.77. The normalized spacial score (nSPS) is 20.4. The molecule has 1 aliphatic rings. The zero-order valence-corrected chi connectivity index (χ0v) is 11.5. The molecule has 0 amide bonds. The number of phenols is 1. The number of nitrogens with zero attached hydrogens (tertiary/aromatic N) is 1. The van der Waals surface area contributed by atoms with E-state index in [0.29, 0.717) is 11.8 Å². The second-order valence-electron chi connectivity index (χ2n) is 5.13. The van der Waals surface area contributed by atoms with Crippen LogP contribution in [0.4, 0.5) is 0 Å². The van der Waals surface area contributed by atoms with E-state index in [-0.39, 0.29) is 12.4 Å². The van der Waals surface area contributed by atoms with Crippen molar-refractivity contribution in [3.05, 3.63) is 23.8 Å². The van der Waals surface area contributed by atoms with Crippen molar-refractivity contribution in [2.45, 2.75) is 38.3 Å². The Labute approximate surface area is 114 Å². The third-order valence-electron chi connectivity index (χ3n) is 3.88. The summed E-state index contributed by atoms with van der Waals surface area (Å²) in [6.07, 6.45) is 4.38. The number of hydrogen-bond donors (Lipinski definition) is 2. The molecule has 2 rings (SSSR count). The van der Waals surface area contributed by atoms with Crippen LogP contribution in [-0.4, -0.2) is 41.4 Å². The molecule has 0 aliphatic carbocycles. The minimum Gasteiger partial charge on any atom is -0.507 e. The van der Waals surface area contributed by atoms with E-state index in [1.165, 1.54) is 12.8 Å². The smallest absolute Gasteiger partial charge is 0.123 e. The monoisotopic (exact) mass is 265 g/mol. The van der Waals surface area contributed by atoms with E-state index in [1.54, 1.807) is 13.2 Å². The van der Waals surface area contributed by atoms with Gasteiger partial charge in [-0.15, -0.1) is 0 Å². The quantitative estimate of drug-likeness (QED) is 0.856. The average Bonchev–Trinajstić information content (AvgIpc) is 2.43. The topological polar surface area (TPSA) is 52.9 Å². The lowest BCUT2D eigenvalue weighted by atomic mass is 9.98. The highest BCUT2D eigenvalue weighted by Crippen LogP contribution is 2.28. The summed E-state index contributed by atoms with van der Waals surface area (Å²) in [5.41, 5.74) is 0.922. The van der Waals surface area contributed by atoms with Crippen LogP contribution in [0.1, 0.15) is 31.2 Å². The molecule has 1 aromatic rings. The molecule has 0 bridgehead atoms. The summed E-state index contributed by atoms with van der Waals surface area (Å²) < 4.78 is 5.09. The highest BCUT2D eigenvalue weighted by Gasteiger charge is 2.22. The molecule has 0 radical (unpaired) electrons. The number of methoxy groups -OCH3 is 1. The molecule has 0 aromatic heterocycles. The van der Waals surface area contributed by atoms with Crippen molar-refractivity contribution >= 4 is 0 Å². The number of aliphatic hydroxyl groups excluding tert-OH is 1. The number of hydrogen-bond acceptors (Lipinski definition) is 4. The molecule has 2 N–H and O–H groups in total. The summed E-state index contributed by atoms with van der Waals surface area (Å²) in [4.78, 5) is 2.36. The van der Waals surface area contributed by atoms with Crippen molar-refractivity contribution in [3.63, 3.8) is 0 Å². The molecular formula is C15H23NO3. The van der Waals surface area contributed by atoms with Crippen LogP contribution in [0.2, 0.25) is 0 Å². The first kappa shape index (κ1) is 14.2. The van der Waals surface area contributed by atoms with Gasteiger partial charge in [0.15, 0.2) is 0 Å². The maximum Gasteiger partial charge on any atom is 0.123 e. The van der Waals surface area contributed by atoms with Crippen LogP contribution in [0.15, 0.2) is 18.2 Å². The summed E-state index contributed by atoms with van der Waals surface area (Å²) >= 11 is 0. The second-order valence-corrected chi connectivity index (χ2v) is 5.13. The molecule has 0 spiro atoms. The molecule has 1 aliphatic heterocycles. The van der Waals surface area contributed by atoms with Crippen LogP contribution in [-0.2, 0) is 6.54 Å². The largest absolute Gasteiger partial charge is 0.507 e. The van der Waals surface area contributed by atoms with E-state index < -0.39 is 0 Å². The zero-order chi connectivity index (χ0) is 13.7. The standard InChI is InChI=1S/C15H23NO3/c1-19-14-6-5-12(15(18)10-14)11-16-8-3-2-4-13(16)7-9-17/h5-6,10,13,17-18H,2-4,7-9,11H2,1H3. The summed E-state index contributed by atoms with van der Waals surface area (Å²) in [6, 6.07) is 5.87. The average molecular weight is 265 g/mol. The van der Waals surface area contributed by atoms with Crippen LogP contribution in [0.25, 0.3) is 0 Å². The minimum absolute atomic E-state index is 0.232. The van der Waals surface area contributed by atoms with Crippen molar-refractivity contribution in [1.82, 2.24) is 4.90 Å². The first-order valence-corrected chi connectivity index (χ1v) is 6.95. The van der Waals surface area contributed by atoms with Crippen LogP contribution >= 0.6 is 0 Å². The SMILES string of the molecule is COc1ccc(CN2CCCCC2CCO)c(O)c1. The van der Waals surface area contributed by atoms with E-state index in [2.05, 4.69) is 4.90 Å². The van der Waals surface area contributed by atoms with Gasteiger partial charge in [0, 0.05) is 30.8 Å². The van der Waals surface area contributed by atoms with Crippen LogP contribution < -0.4 is 4.74 Å². The number of likely N-dealkylation sites (tertiary alicyclic amines) is 1. The fourth-order valence-electron chi connectivity index (χ4n) is 2.77. The van der Waals surface area contributed by atoms with Gasteiger partial charge in [0.05, 0.1) is 7.11 Å². The highest BCUT2D eigenvalue weighted by atomic mass is 16.5. The lowest BCUT2D eigenvalue weighted by Gasteiger charge is -2.35. The molecule has 1 fully saturated rings. The molecule has 19 heavy (non-hydrogen) atoms. The fraction of sp³-hybridized carbons (Fsp3) is 0.600. The van der Waals surface area contributed by atoms with Gasteiger partial charge in [0.2, 0.25) is 0 Å². The van der Waals surface area contributed by atoms with Gasteiger partial charge >= 0.3 is 0 Å². The lowest BCUT2D eigenvalue weighted by molar-refractivity contribution is 0.111. The predicted molar refractivity (Wildman–Crippen MR) is 74.4 cm³/mol. The maximum absolute atomic E-state index is 10.0. The Morgan fingerprint density at radius 1 is 1.37 bits per heavy atom. The van der Waals surface area contributed by atoms with E-state index in [1.807, 2.05) is 12.1 Å². The molecule has 1 saturated heterocycles. The van der Waals surface area contributed by atoms with E-state index in [0.717, 1.165) is 31.5 Å². The Bertz CT molecular complexity index is 406. The Morgan fingerprint density at radius 3 is 2.89 bits per heavy atom. The van der Waals surface area contributed by atoms with E-state index in [4.69, 9.17) is 9.84 Å². The maximum atomic E-state index is 10.0. The Hall–Kier alpha value is -1.26.